The minimum Gasteiger partial charge on any atom is -0.365 e. The molecule has 1 aromatic carbocycles. The summed E-state index contributed by atoms with van der Waals surface area (Å²) in [6.07, 6.45) is 0.949. The number of nitrogens with zero attached hydrogens (tertiary/aromatic N) is 2. The lowest BCUT2D eigenvalue weighted by Crippen LogP contribution is -2.33. The molecule has 1 aliphatic heterocycles. The summed E-state index contributed by atoms with van der Waals surface area (Å²) in [5.41, 5.74) is 0.790. The highest BCUT2D eigenvalue weighted by Gasteiger charge is 2.26. The molecule has 108 valence electrons. The lowest BCUT2D eigenvalue weighted by molar-refractivity contribution is -0.384. The van der Waals surface area contributed by atoms with Gasteiger partial charge in [-0.1, -0.05) is 0 Å². The molecule has 7 nitrogen and oxygen atoms in total. The van der Waals surface area contributed by atoms with Crippen LogP contribution in [-0.2, 0) is 0 Å². The quantitative estimate of drug-likeness (QED) is 0.627. The molecule has 20 heavy (non-hydrogen) atoms. The SMILES string of the molecule is CNC(=O)c1ccc(N(C)C2CCNC2)c([N+](=O)[O-])c1. The van der Waals surface area contributed by atoms with Crippen LogP contribution in [0.15, 0.2) is 18.2 Å². The fraction of sp³-hybridized carbons (Fsp3) is 0.462. The van der Waals surface area contributed by atoms with Crippen molar-refractivity contribution in [2.24, 2.45) is 0 Å². The van der Waals surface area contributed by atoms with Crippen LogP contribution in [0.5, 0.6) is 0 Å². The van der Waals surface area contributed by atoms with E-state index in [-0.39, 0.29) is 17.6 Å². The van der Waals surface area contributed by atoms with Gasteiger partial charge < -0.3 is 15.5 Å². The number of anilines is 1. The lowest BCUT2D eigenvalue weighted by Gasteiger charge is -2.25. The number of nitro benzene ring substituents is 1. The molecule has 1 aromatic rings. The third kappa shape index (κ3) is 2.72. The van der Waals surface area contributed by atoms with Gasteiger partial charge in [-0.25, -0.2) is 0 Å². The molecular formula is C13H18N4O3. The van der Waals surface area contributed by atoms with Crippen LogP contribution in [0, 0.1) is 10.1 Å². The monoisotopic (exact) mass is 278 g/mol. The van der Waals surface area contributed by atoms with Crippen molar-refractivity contribution in [1.82, 2.24) is 10.6 Å². The molecule has 0 saturated carbocycles. The van der Waals surface area contributed by atoms with Gasteiger partial charge in [-0.3, -0.25) is 14.9 Å². The second-order valence-electron chi connectivity index (χ2n) is 4.80. The zero-order valence-electron chi connectivity index (χ0n) is 11.5. The van der Waals surface area contributed by atoms with Gasteiger partial charge in [-0.05, 0) is 25.1 Å². The van der Waals surface area contributed by atoms with Crippen molar-refractivity contribution in [3.63, 3.8) is 0 Å². The summed E-state index contributed by atoms with van der Waals surface area (Å²) in [6.45, 7) is 1.73. The van der Waals surface area contributed by atoms with Gasteiger partial charge in [0.1, 0.15) is 5.69 Å². The fourth-order valence-corrected chi connectivity index (χ4v) is 2.42. The first-order valence-corrected chi connectivity index (χ1v) is 6.48. The van der Waals surface area contributed by atoms with Crippen molar-refractivity contribution in [1.29, 1.82) is 0 Å². The van der Waals surface area contributed by atoms with Gasteiger partial charge in [0.15, 0.2) is 0 Å². The van der Waals surface area contributed by atoms with Crippen molar-refractivity contribution < 1.29 is 9.72 Å². The highest BCUT2D eigenvalue weighted by atomic mass is 16.6. The molecular weight excluding hydrogens is 260 g/mol. The second kappa shape index (κ2) is 5.87. The van der Waals surface area contributed by atoms with Gasteiger partial charge in [0, 0.05) is 38.3 Å². The first-order valence-electron chi connectivity index (χ1n) is 6.48. The fourth-order valence-electron chi connectivity index (χ4n) is 2.42. The number of hydrogen-bond acceptors (Lipinski definition) is 5. The maximum Gasteiger partial charge on any atom is 0.293 e. The van der Waals surface area contributed by atoms with E-state index in [1.807, 2.05) is 11.9 Å². The smallest absolute Gasteiger partial charge is 0.293 e. The summed E-state index contributed by atoms with van der Waals surface area (Å²) < 4.78 is 0. The van der Waals surface area contributed by atoms with Gasteiger partial charge in [0.25, 0.3) is 11.6 Å². The van der Waals surface area contributed by atoms with E-state index in [1.54, 1.807) is 12.1 Å². The Morgan fingerprint density at radius 3 is 2.85 bits per heavy atom. The summed E-state index contributed by atoms with van der Waals surface area (Å²) >= 11 is 0. The Labute approximate surface area is 117 Å². The highest BCUT2D eigenvalue weighted by Crippen LogP contribution is 2.30. The third-order valence-electron chi connectivity index (χ3n) is 3.62. The molecule has 0 radical (unpaired) electrons. The summed E-state index contributed by atoms with van der Waals surface area (Å²) in [4.78, 5) is 24.3. The molecule has 2 N–H and O–H groups in total. The van der Waals surface area contributed by atoms with Crippen molar-refractivity contribution in [3.05, 3.63) is 33.9 Å². The summed E-state index contributed by atoms with van der Waals surface area (Å²) in [7, 11) is 3.35. The predicted octanol–water partition coefficient (Wildman–Crippen LogP) is 0.753. The van der Waals surface area contributed by atoms with E-state index in [0.717, 1.165) is 19.5 Å². The van der Waals surface area contributed by atoms with Crippen molar-refractivity contribution in [2.75, 3.05) is 32.1 Å². The van der Waals surface area contributed by atoms with Crippen LogP contribution in [0.3, 0.4) is 0 Å². The van der Waals surface area contributed by atoms with Crippen LogP contribution < -0.4 is 15.5 Å². The van der Waals surface area contributed by atoms with E-state index in [0.29, 0.717) is 11.3 Å². The van der Waals surface area contributed by atoms with Crippen LogP contribution in [-0.4, -0.2) is 44.1 Å². The molecule has 1 fully saturated rings. The molecule has 7 heteroatoms. The minimum absolute atomic E-state index is 0.0412. The molecule has 1 amide bonds. The summed E-state index contributed by atoms with van der Waals surface area (Å²) in [5, 5.41) is 16.9. The van der Waals surface area contributed by atoms with Gasteiger partial charge >= 0.3 is 0 Å². The normalized spacial score (nSPS) is 17.8. The molecule has 1 unspecified atom stereocenters. The van der Waals surface area contributed by atoms with Crippen LogP contribution in [0.2, 0.25) is 0 Å². The zero-order chi connectivity index (χ0) is 14.7. The molecule has 0 aromatic heterocycles. The number of nitro groups is 1. The number of carbonyl (C=O) groups is 1. The second-order valence-corrected chi connectivity index (χ2v) is 4.80. The first kappa shape index (κ1) is 14.3. The van der Waals surface area contributed by atoms with E-state index in [4.69, 9.17) is 0 Å². The van der Waals surface area contributed by atoms with Crippen molar-refractivity contribution in [2.45, 2.75) is 12.5 Å². The Morgan fingerprint density at radius 1 is 1.55 bits per heavy atom. The van der Waals surface area contributed by atoms with Crippen LogP contribution >= 0.6 is 0 Å². The molecule has 1 atom stereocenters. The van der Waals surface area contributed by atoms with Crippen molar-refractivity contribution >= 4 is 17.3 Å². The molecule has 1 saturated heterocycles. The van der Waals surface area contributed by atoms with Gasteiger partial charge in [-0.2, -0.15) is 0 Å². The van der Waals surface area contributed by atoms with E-state index in [1.165, 1.54) is 13.1 Å². The van der Waals surface area contributed by atoms with Gasteiger partial charge in [0.05, 0.1) is 4.92 Å². The zero-order valence-corrected chi connectivity index (χ0v) is 11.5. The van der Waals surface area contributed by atoms with E-state index in [2.05, 4.69) is 10.6 Å². The Balaban J connectivity index is 2.36. The number of amides is 1. The molecule has 0 bridgehead atoms. The maximum atomic E-state index is 11.6. The molecule has 0 spiro atoms. The molecule has 0 aliphatic carbocycles. The average Bonchev–Trinajstić information content (AvgIpc) is 2.99. The largest absolute Gasteiger partial charge is 0.365 e. The third-order valence-corrected chi connectivity index (χ3v) is 3.62. The standard InChI is InChI=1S/C13H18N4O3/c1-14-13(18)9-3-4-11(12(7-9)17(19)20)16(2)10-5-6-15-8-10/h3-4,7,10,15H,5-6,8H2,1-2H3,(H,14,18). The number of likely N-dealkylation sites (N-methyl/N-ethyl adjacent to an activating group) is 1. The Kier molecular flexibility index (Phi) is 4.19. The first-order chi connectivity index (χ1) is 9.54. The number of benzene rings is 1. The van der Waals surface area contributed by atoms with Crippen LogP contribution in [0.4, 0.5) is 11.4 Å². The summed E-state index contributed by atoms with van der Waals surface area (Å²) in [5.74, 6) is -0.329. The van der Waals surface area contributed by atoms with Crippen LogP contribution in [0.1, 0.15) is 16.8 Å². The molecule has 1 heterocycles. The van der Waals surface area contributed by atoms with Gasteiger partial charge in [0.2, 0.25) is 0 Å². The maximum absolute atomic E-state index is 11.6. The number of carbonyl (C=O) groups excluding carboxylic acids is 1. The summed E-state index contributed by atoms with van der Waals surface area (Å²) in [6, 6.07) is 4.81. The van der Waals surface area contributed by atoms with Crippen LogP contribution in [0.25, 0.3) is 0 Å². The number of rotatable bonds is 4. The minimum atomic E-state index is -0.444. The number of hydrogen-bond donors (Lipinski definition) is 2. The van der Waals surface area contributed by atoms with Gasteiger partial charge in [-0.15, -0.1) is 0 Å². The van der Waals surface area contributed by atoms with E-state index < -0.39 is 4.92 Å². The van der Waals surface area contributed by atoms with E-state index >= 15 is 0 Å². The Hall–Kier alpha value is -2.15. The Morgan fingerprint density at radius 2 is 2.30 bits per heavy atom. The number of nitrogens with one attached hydrogen (secondary N) is 2. The Bertz CT molecular complexity index is 526. The lowest BCUT2D eigenvalue weighted by atomic mass is 10.1. The van der Waals surface area contributed by atoms with E-state index in [9.17, 15) is 14.9 Å². The van der Waals surface area contributed by atoms with Crippen molar-refractivity contribution in [3.8, 4) is 0 Å². The predicted molar refractivity (Wildman–Crippen MR) is 76.2 cm³/mol. The topological polar surface area (TPSA) is 87.5 Å². The molecule has 2 rings (SSSR count). The highest BCUT2D eigenvalue weighted by molar-refractivity contribution is 5.95. The average molecular weight is 278 g/mol. The molecule has 1 aliphatic rings.